The van der Waals surface area contributed by atoms with Crippen molar-refractivity contribution in [2.75, 3.05) is 7.11 Å². The van der Waals surface area contributed by atoms with Crippen molar-refractivity contribution in [1.29, 1.82) is 0 Å². The molecule has 1 N–H and O–H groups in total. The molecule has 1 aromatic rings. The minimum atomic E-state index is -4.09. The minimum Gasteiger partial charge on any atom is -0.495 e. The summed E-state index contributed by atoms with van der Waals surface area (Å²) in [6.07, 6.45) is 0. The van der Waals surface area contributed by atoms with Gasteiger partial charge >= 0.3 is 0 Å². The van der Waals surface area contributed by atoms with Crippen molar-refractivity contribution in [1.82, 2.24) is 4.89 Å². The van der Waals surface area contributed by atoms with Crippen molar-refractivity contribution in [3.63, 3.8) is 0 Å². The minimum absolute atomic E-state index is 0.0133. The van der Waals surface area contributed by atoms with Gasteiger partial charge in [-0.05, 0) is 26.8 Å². The van der Waals surface area contributed by atoms with Crippen LogP contribution < -0.4 is 9.62 Å². The van der Waals surface area contributed by atoms with Gasteiger partial charge in [-0.15, -0.1) is 0 Å². The fourth-order valence-corrected chi connectivity index (χ4v) is 2.36. The molecule has 0 saturated carbocycles. The SMILES string of the molecule is COc1ccc([N+](=O)[O-])cc1S(=O)(=O)NOC(C)(C)C. The lowest BCUT2D eigenvalue weighted by molar-refractivity contribution is -0.385. The number of hydrogen-bond acceptors (Lipinski definition) is 6. The summed E-state index contributed by atoms with van der Waals surface area (Å²) in [5.41, 5.74) is -1.11. The molecule has 0 aromatic heterocycles. The van der Waals surface area contributed by atoms with Gasteiger partial charge in [-0.1, -0.05) is 4.89 Å². The average molecular weight is 304 g/mol. The molecule has 0 spiro atoms. The van der Waals surface area contributed by atoms with E-state index >= 15 is 0 Å². The monoisotopic (exact) mass is 304 g/mol. The Labute approximate surface area is 116 Å². The van der Waals surface area contributed by atoms with Crippen molar-refractivity contribution in [2.45, 2.75) is 31.3 Å². The second-order valence-corrected chi connectivity index (χ2v) is 6.51. The van der Waals surface area contributed by atoms with Crippen molar-refractivity contribution in [3.8, 4) is 5.75 Å². The Hall–Kier alpha value is -1.71. The highest BCUT2D eigenvalue weighted by Gasteiger charge is 2.25. The van der Waals surface area contributed by atoms with Gasteiger partial charge in [0.1, 0.15) is 10.6 Å². The smallest absolute Gasteiger partial charge is 0.271 e. The molecular formula is C11H16N2O6S. The quantitative estimate of drug-likeness (QED) is 0.654. The number of benzene rings is 1. The molecule has 0 bridgehead atoms. The van der Waals surface area contributed by atoms with Crippen LogP contribution in [-0.4, -0.2) is 26.1 Å². The van der Waals surface area contributed by atoms with Gasteiger partial charge < -0.3 is 4.74 Å². The van der Waals surface area contributed by atoms with Crippen LogP contribution in [0.2, 0.25) is 0 Å². The van der Waals surface area contributed by atoms with E-state index in [-0.39, 0.29) is 16.3 Å². The van der Waals surface area contributed by atoms with E-state index in [4.69, 9.17) is 9.57 Å². The van der Waals surface area contributed by atoms with Gasteiger partial charge in [0.15, 0.2) is 0 Å². The van der Waals surface area contributed by atoms with E-state index in [9.17, 15) is 18.5 Å². The molecule has 112 valence electrons. The van der Waals surface area contributed by atoms with Crippen LogP contribution in [0.4, 0.5) is 5.69 Å². The Kier molecular flexibility index (Phi) is 4.69. The third-order valence-corrected chi connectivity index (χ3v) is 3.31. The predicted octanol–water partition coefficient (Wildman–Crippen LogP) is 1.61. The third-order valence-electron chi connectivity index (χ3n) is 2.11. The van der Waals surface area contributed by atoms with E-state index < -0.39 is 20.5 Å². The number of nitrogens with one attached hydrogen (secondary N) is 1. The highest BCUT2D eigenvalue weighted by atomic mass is 32.2. The predicted molar refractivity (Wildman–Crippen MR) is 70.8 cm³/mol. The van der Waals surface area contributed by atoms with E-state index in [2.05, 4.69) is 0 Å². The number of sulfonamides is 1. The standard InChI is InChI=1S/C11H16N2O6S/c1-11(2,3)19-12-20(16,17)10-7-8(13(14)15)5-6-9(10)18-4/h5-7,12H,1-4H3. The maximum Gasteiger partial charge on any atom is 0.271 e. The number of nitro benzene ring substituents is 1. The van der Waals surface area contributed by atoms with Crippen LogP contribution in [0.25, 0.3) is 0 Å². The molecule has 20 heavy (non-hydrogen) atoms. The molecule has 9 heteroatoms. The number of ether oxygens (including phenoxy) is 1. The molecule has 0 aliphatic carbocycles. The third kappa shape index (κ3) is 4.15. The van der Waals surface area contributed by atoms with E-state index in [0.717, 1.165) is 12.1 Å². The molecule has 1 rings (SSSR count). The van der Waals surface area contributed by atoms with Gasteiger partial charge in [0.2, 0.25) is 0 Å². The maximum atomic E-state index is 12.1. The highest BCUT2D eigenvalue weighted by molar-refractivity contribution is 7.89. The van der Waals surface area contributed by atoms with Crippen LogP contribution in [0.15, 0.2) is 23.1 Å². The molecule has 0 fully saturated rings. The Balaban J connectivity index is 3.21. The van der Waals surface area contributed by atoms with Crippen molar-refractivity contribution >= 4 is 15.7 Å². The maximum absolute atomic E-state index is 12.1. The van der Waals surface area contributed by atoms with Gasteiger partial charge in [0.05, 0.1) is 17.6 Å². The fraction of sp³-hybridized carbons (Fsp3) is 0.455. The lowest BCUT2D eigenvalue weighted by atomic mass is 10.2. The second-order valence-electron chi connectivity index (χ2n) is 4.89. The van der Waals surface area contributed by atoms with Gasteiger partial charge in [-0.3, -0.25) is 15.0 Å². The molecule has 0 unspecified atom stereocenters. The summed E-state index contributed by atoms with van der Waals surface area (Å²) < 4.78 is 29.1. The van der Waals surface area contributed by atoms with E-state index in [0.29, 0.717) is 0 Å². The zero-order valence-electron chi connectivity index (χ0n) is 11.5. The molecule has 8 nitrogen and oxygen atoms in total. The molecule has 0 radical (unpaired) electrons. The molecule has 0 saturated heterocycles. The first-order valence-corrected chi connectivity index (χ1v) is 7.07. The Morgan fingerprint density at radius 1 is 1.30 bits per heavy atom. The first-order valence-electron chi connectivity index (χ1n) is 5.59. The number of hydrogen-bond donors (Lipinski definition) is 1. The average Bonchev–Trinajstić information content (AvgIpc) is 2.35. The summed E-state index contributed by atoms with van der Waals surface area (Å²) in [6.45, 7) is 4.96. The largest absolute Gasteiger partial charge is 0.495 e. The summed E-state index contributed by atoms with van der Waals surface area (Å²) in [5, 5.41) is 10.7. The van der Waals surface area contributed by atoms with Crippen LogP contribution in [0, 0.1) is 10.1 Å². The Morgan fingerprint density at radius 2 is 1.90 bits per heavy atom. The number of nitrogens with zero attached hydrogens (tertiary/aromatic N) is 1. The fourth-order valence-electron chi connectivity index (χ4n) is 1.21. The van der Waals surface area contributed by atoms with Crippen LogP contribution in [0.3, 0.4) is 0 Å². The lowest BCUT2D eigenvalue weighted by Crippen LogP contribution is -2.33. The molecule has 0 atom stereocenters. The van der Waals surface area contributed by atoms with Crippen molar-refractivity contribution in [2.24, 2.45) is 0 Å². The summed E-state index contributed by atoms with van der Waals surface area (Å²) in [5.74, 6) is -0.0133. The number of rotatable bonds is 5. The summed E-state index contributed by atoms with van der Waals surface area (Å²) in [7, 11) is -2.83. The molecule has 1 aromatic carbocycles. The van der Waals surface area contributed by atoms with Gasteiger partial charge in [0, 0.05) is 12.1 Å². The second kappa shape index (κ2) is 5.73. The molecule has 0 heterocycles. The lowest BCUT2D eigenvalue weighted by Gasteiger charge is -2.19. The van der Waals surface area contributed by atoms with Crippen molar-refractivity contribution in [3.05, 3.63) is 28.3 Å². The summed E-state index contributed by atoms with van der Waals surface area (Å²) in [4.78, 5) is 16.6. The van der Waals surface area contributed by atoms with Crippen molar-refractivity contribution < 1.29 is 22.9 Å². The van der Waals surface area contributed by atoms with E-state index in [1.165, 1.54) is 13.2 Å². The number of nitro groups is 1. The first-order chi connectivity index (χ1) is 9.07. The Bertz CT molecular complexity index is 606. The zero-order chi connectivity index (χ0) is 15.6. The molecule has 0 aliphatic heterocycles. The van der Waals surface area contributed by atoms with Crippen LogP contribution in [0.5, 0.6) is 5.75 Å². The normalized spacial score (nSPS) is 12.2. The Morgan fingerprint density at radius 3 is 2.35 bits per heavy atom. The first kappa shape index (κ1) is 16.3. The molecular weight excluding hydrogens is 288 g/mol. The van der Waals surface area contributed by atoms with E-state index in [1.54, 1.807) is 20.8 Å². The highest BCUT2D eigenvalue weighted by Crippen LogP contribution is 2.28. The van der Waals surface area contributed by atoms with E-state index in [1.807, 2.05) is 4.89 Å². The topological polar surface area (TPSA) is 108 Å². The van der Waals surface area contributed by atoms with Gasteiger partial charge in [-0.25, -0.2) is 8.42 Å². The summed E-state index contributed by atoms with van der Waals surface area (Å²) >= 11 is 0. The van der Waals surface area contributed by atoms with Crippen LogP contribution >= 0.6 is 0 Å². The molecule has 0 aliphatic rings. The zero-order valence-corrected chi connectivity index (χ0v) is 12.4. The van der Waals surface area contributed by atoms with Crippen LogP contribution in [0.1, 0.15) is 20.8 Å². The number of non-ortho nitro benzene ring substituents is 1. The molecule has 0 amide bonds. The van der Waals surface area contributed by atoms with Gasteiger partial charge in [0.25, 0.3) is 15.7 Å². The van der Waals surface area contributed by atoms with Gasteiger partial charge in [-0.2, -0.15) is 0 Å². The summed E-state index contributed by atoms with van der Waals surface area (Å²) in [6, 6.07) is 3.28. The number of methoxy groups -OCH3 is 1. The van der Waals surface area contributed by atoms with Crippen LogP contribution in [-0.2, 0) is 14.9 Å².